The van der Waals surface area contributed by atoms with E-state index >= 15 is 0 Å². The van der Waals surface area contributed by atoms with Gasteiger partial charge in [0.05, 0.1) is 11.2 Å². The van der Waals surface area contributed by atoms with E-state index in [0.29, 0.717) is 5.69 Å². The Morgan fingerprint density at radius 2 is 2.21 bits per heavy atom. The van der Waals surface area contributed by atoms with Crippen LogP contribution in [0.1, 0.15) is 37.7 Å². The van der Waals surface area contributed by atoms with Crippen LogP contribution in [-0.4, -0.2) is 40.4 Å². The van der Waals surface area contributed by atoms with Crippen LogP contribution >= 0.6 is 15.9 Å². The number of nitrogens with zero attached hydrogens (tertiary/aromatic N) is 1. The molecule has 0 spiro atoms. The molecule has 0 aliphatic carbocycles. The van der Waals surface area contributed by atoms with Crippen molar-refractivity contribution < 1.29 is 19.4 Å². The number of hydrogen-bond donors (Lipinski definition) is 2. The topological polar surface area (TPSA) is 78.9 Å². The highest BCUT2D eigenvalue weighted by Crippen LogP contribution is 2.44. The summed E-state index contributed by atoms with van der Waals surface area (Å²) in [6.45, 7) is 2.04. The molecule has 2 atom stereocenters. The van der Waals surface area contributed by atoms with Crippen LogP contribution in [0.3, 0.4) is 0 Å². The molecule has 2 amide bonds. The predicted octanol–water partition coefficient (Wildman–Crippen LogP) is 4.37. The van der Waals surface area contributed by atoms with E-state index in [1.807, 2.05) is 25.1 Å². The molecule has 2 heterocycles. The van der Waals surface area contributed by atoms with E-state index in [9.17, 15) is 14.7 Å². The fraction of sp³-hybridized carbons (Fsp3) is 0.529. The van der Waals surface area contributed by atoms with Gasteiger partial charge in [-0.25, -0.2) is 9.59 Å². The summed E-state index contributed by atoms with van der Waals surface area (Å²) in [5.74, 6) is 0. The van der Waals surface area contributed by atoms with Gasteiger partial charge in [0.25, 0.3) is 0 Å². The molecule has 1 aromatic carbocycles. The number of amides is 2. The minimum absolute atomic E-state index is 0.0637. The van der Waals surface area contributed by atoms with E-state index < -0.39 is 17.7 Å². The molecule has 2 saturated heterocycles. The molecule has 6 nitrogen and oxygen atoms in total. The molecule has 0 aromatic heterocycles. The van der Waals surface area contributed by atoms with Crippen LogP contribution < -0.4 is 5.32 Å². The third kappa shape index (κ3) is 3.22. The van der Waals surface area contributed by atoms with Crippen molar-refractivity contribution in [1.82, 2.24) is 4.90 Å². The van der Waals surface area contributed by atoms with Gasteiger partial charge in [0, 0.05) is 10.5 Å². The summed E-state index contributed by atoms with van der Waals surface area (Å²) in [5, 5.41) is 12.2. The van der Waals surface area contributed by atoms with Gasteiger partial charge in [-0.3, -0.25) is 10.2 Å². The van der Waals surface area contributed by atoms with Crippen molar-refractivity contribution in [2.75, 3.05) is 11.9 Å². The smallest absolute Gasteiger partial charge is 0.411 e. The fourth-order valence-electron chi connectivity index (χ4n) is 3.91. The number of fused-ring (bicyclic) bond motifs is 2. The SMILES string of the molecule is Cc1ccc(Br)c(NC(=O)OC[C@]23CCC[C@H](CC2)N3C(=O)O)c1. The molecule has 2 aliphatic rings. The second-order valence-electron chi connectivity index (χ2n) is 6.65. The Morgan fingerprint density at radius 3 is 2.96 bits per heavy atom. The van der Waals surface area contributed by atoms with Crippen LogP contribution in [0.5, 0.6) is 0 Å². The number of carbonyl (C=O) groups excluding carboxylic acids is 1. The van der Waals surface area contributed by atoms with Crippen LogP contribution in [0.15, 0.2) is 22.7 Å². The molecule has 0 saturated carbocycles. The first-order valence-electron chi connectivity index (χ1n) is 8.13. The zero-order valence-electron chi connectivity index (χ0n) is 13.5. The largest absolute Gasteiger partial charge is 0.465 e. The highest BCUT2D eigenvalue weighted by atomic mass is 79.9. The Morgan fingerprint density at radius 1 is 1.42 bits per heavy atom. The van der Waals surface area contributed by atoms with Crippen LogP contribution in [-0.2, 0) is 4.74 Å². The predicted molar refractivity (Wildman–Crippen MR) is 93.3 cm³/mol. The summed E-state index contributed by atoms with van der Waals surface area (Å²) < 4.78 is 6.18. The van der Waals surface area contributed by atoms with Crippen molar-refractivity contribution in [2.45, 2.75) is 50.6 Å². The minimum atomic E-state index is -0.914. The summed E-state index contributed by atoms with van der Waals surface area (Å²) in [7, 11) is 0. The Labute approximate surface area is 149 Å². The Kier molecular flexibility index (Phi) is 4.71. The lowest BCUT2D eigenvalue weighted by Crippen LogP contribution is -2.55. The van der Waals surface area contributed by atoms with E-state index in [1.54, 1.807) is 0 Å². The number of carboxylic acid groups (broad SMARTS) is 1. The van der Waals surface area contributed by atoms with Crippen molar-refractivity contribution in [2.24, 2.45) is 0 Å². The lowest BCUT2D eigenvalue weighted by atomic mass is 9.89. The van der Waals surface area contributed by atoms with Gasteiger partial charge >= 0.3 is 12.2 Å². The maximum Gasteiger partial charge on any atom is 0.411 e. The second kappa shape index (κ2) is 6.63. The third-order valence-electron chi connectivity index (χ3n) is 5.04. The first kappa shape index (κ1) is 17.1. The van der Waals surface area contributed by atoms with Gasteiger partial charge in [0.15, 0.2) is 0 Å². The number of carbonyl (C=O) groups is 2. The van der Waals surface area contributed by atoms with Crippen LogP contribution in [0.4, 0.5) is 15.3 Å². The van der Waals surface area contributed by atoms with Crippen molar-refractivity contribution in [1.29, 1.82) is 0 Å². The molecular weight excluding hydrogens is 376 g/mol. The number of ether oxygens (including phenoxy) is 1. The Balaban J connectivity index is 1.65. The summed E-state index contributed by atoms with van der Waals surface area (Å²) in [4.78, 5) is 25.3. The van der Waals surface area contributed by atoms with Gasteiger partial charge in [-0.1, -0.05) is 6.07 Å². The third-order valence-corrected chi connectivity index (χ3v) is 5.73. The van der Waals surface area contributed by atoms with Gasteiger partial charge < -0.3 is 9.84 Å². The number of anilines is 1. The first-order valence-corrected chi connectivity index (χ1v) is 8.93. The molecule has 24 heavy (non-hydrogen) atoms. The molecule has 3 rings (SSSR count). The van der Waals surface area contributed by atoms with Crippen molar-refractivity contribution in [3.8, 4) is 0 Å². The van der Waals surface area contributed by atoms with E-state index in [0.717, 1.165) is 42.1 Å². The van der Waals surface area contributed by atoms with E-state index in [-0.39, 0.29) is 12.6 Å². The normalized spacial score (nSPS) is 25.4. The standard InChI is InChI=1S/C17H21BrN2O4/c1-11-4-5-13(18)14(9-11)19-15(21)24-10-17-7-2-3-12(6-8-17)20(17)16(22)23/h4-5,9,12H,2-3,6-8,10H2,1H3,(H,19,21)(H,22,23)/t12-,17+/m1/s1. The summed E-state index contributed by atoms with van der Waals surface area (Å²) in [5.41, 5.74) is 1.10. The van der Waals surface area contributed by atoms with E-state index in [2.05, 4.69) is 21.2 Å². The Hall–Kier alpha value is -1.76. The quantitative estimate of drug-likeness (QED) is 0.794. The molecule has 2 fully saturated rings. The molecule has 0 unspecified atom stereocenters. The van der Waals surface area contributed by atoms with Gasteiger partial charge in [-0.05, 0) is 72.7 Å². The van der Waals surface area contributed by atoms with Gasteiger partial charge in [0.2, 0.25) is 0 Å². The fourth-order valence-corrected chi connectivity index (χ4v) is 4.26. The van der Waals surface area contributed by atoms with E-state index in [4.69, 9.17) is 4.74 Å². The molecule has 2 aliphatic heterocycles. The highest BCUT2D eigenvalue weighted by molar-refractivity contribution is 9.10. The van der Waals surface area contributed by atoms with Crippen molar-refractivity contribution in [3.05, 3.63) is 28.2 Å². The molecular formula is C17H21BrN2O4. The van der Waals surface area contributed by atoms with Crippen LogP contribution in [0.25, 0.3) is 0 Å². The Bertz CT molecular complexity index is 662. The van der Waals surface area contributed by atoms with Gasteiger partial charge in [0.1, 0.15) is 6.61 Å². The van der Waals surface area contributed by atoms with Gasteiger partial charge in [-0.15, -0.1) is 0 Å². The van der Waals surface area contributed by atoms with Gasteiger partial charge in [-0.2, -0.15) is 0 Å². The minimum Gasteiger partial charge on any atom is -0.465 e. The summed E-state index contributed by atoms with van der Waals surface area (Å²) >= 11 is 3.39. The molecule has 2 bridgehead atoms. The van der Waals surface area contributed by atoms with Crippen LogP contribution in [0, 0.1) is 6.92 Å². The first-order chi connectivity index (χ1) is 11.4. The molecule has 2 N–H and O–H groups in total. The number of benzene rings is 1. The lowest BCUT2D eigenvalue weighted by molar-refractivity contribution is 0.0110. The van der Waals surface area contributed by atoms with Crippen molar-refractivity contribution >= 4 is 33.8 Å². The average Bonchev–Trinajstić information content (AvgIpc) is 2.76. The van der Waals surface area contributed by atoms with Crippen molar-refractivity contribution in [3.63, 3.8) is 0 Å². The lowest BCUT2D eigenvalue weighted by Gasteiger charge is -2.42. The molecule has 1 aromatic rings. The number of aryl methyl sites for hydroxylation is 1. The zero-order chi connectivity index (χ0) is 17.3. The molecule has 130 valence electrons. The number of nitrogens with one attached hydrogen (secondary N) is 1. The highest BCUT2D eigenvalue weighted by Gasteiger charge is 2.52. The number of rotatable bonds is 3. The summed E-state index contributed by atoms with van der Waals surface area (Å²) in [6, 6.07) is 5.71. The number of hydrogen-bond acceptors (Lipinski definition) is 3. The number of halogens is 1. The summed E-state index contributed by atoms with van der Waals surface area (Å²) in [6.07, 6.45) is 2.75. The monoisotopic (exact) mass is 396 g/mol. The zero-order valence-corrected chi connectivity index (χ0v) is 15.1. The molecule has 7 heteroatoms. The maximum absolute atomic E-state index is 12.1. The van der Waals surface area contributed by atoms with Crippen LogP contribution in [0.2, 0.25) is 0 Å². The average molecular weight is 397 g/mol. The number of piperidine rings is 1. The second-order valence-corrected chi connectivity index (χ2v) is 7.50. The van der Waals surface area contributed by atoms with E-state index in [1.165, 1.54) is 4.90 Å². The molecule has 0 radical (unpaired) electrons. The maximum atomic E-state index is 12.1.